The fourth-order valence-corrected chi connectivity index (χ4v) is 3.19. The normalized spacial score (nSPS) is 13.2. The topological polar surface area (TPSA) is 108 Å². The maximum Gasteiger partial charge on any atom is 0.408 e. The Kier molecular flexibility index (Phi) is 10.5. The van der Waals surface area contributed by atoms with Gasteiger partial charge in [-0.1, -0.05) is 45.7 Å². The largest absolute Gasteiger partial charge is 0.508 e. The zero-order valence-corrected chi connectivity index (χ0v) is 20.4. The highest BCUT2D eigenvalue weighted by atomic mass is 16.6. The predicted octanol–water partition coefficient (Wildman–Crippen LogP) is 3.75. The highest BCUT2D eigenvalue weighted by molar-refractivity contribution is 5.92. The molecule has 8 heteroatoms. The van der Waals surface area contributed by atoms with E-state index in [0.717, 1.165) is 19.3 Å². The summed E-state index contributed by atoms with van der Waals surface area (Å²) in [6, 6.07) is 4.39. The molecule has 0 bridgehead atoms. The number of phenols is 1. The Balaban J connectivity index is 3.12. The lowest BCUT2D eigenvalue weighted by Gasteiger charge is -2.33. The van der Waals surface area contributed by atoms with Crippen molar-refractivity contribution in [1.82, 2.24) is 15.5 Å². The van der Waals surface area contributed by atoms with E-state index in [1.54, 1.807) is 32.9 Å². The quantitative estimate of drug-likeness (QED) is 0.472. The van der Waals surface area contributed by atoms with Crippen LogP contribution in [0.25, 0.3) is 0 Å². The van der Waals surface area contributed by atoms with Gasteiger partial charge in [-0.15, -0.1) is 0 Å². The van der Waals surface area contributed by atoms with E-state index in [9.17, 15) is 19.5 Å². The van der Waals surface area contributed by atoms with Crippen LogP contribution < -0.4 is 10.6 Å². The molecule has 1 rings (SSSR count). The van der Waals surface area contributed by atoms with Gasteiger partial charge in [0, 0.05) is 13.6 Å². The van der Waals surface area contributed by atoms with Crippen LogP contribution in [0, 0.1) is 5.92 Å². The van der Waals surface area contributed by atoms with Crippen LogP contribution in [-0.2, 0) is 14.3 Å². The third-order valence-corrected chi connectivity index (χ3v) is 4.88. The summed E-state index contributed by atoms with van der Waals surface area (Å²) in [6.07, 6.45) is 2.18. The number of likely N-dealkylation sites (N-methyl/N-ethyl adjacent to an activating group) is 1. The molecule has 0 aliphatic carbocycles. The van der Waals surface area contributed by atoms with E-state index < -0.39 is 29.7 Å². The molecule has 0 radical (unpaired) electrons. The first-order valence-electron chi connectivity index (χ1n) is 11.2. The Morgan fingerprint density at radius 3 is 2.19 bits per heavy atom. The molecule has 32 heavy (non-hydrogen) atoms. The van der Waals surface area contributed by atoms with Crippen molar-refractivity contribution in [3.8, 4) is 5.75 Å². The second-order valence-electron chi connectivity index (χ2n) is 9.31. The smallest absolute Gasteiger partial charge is 0.408 e. The summed E-state index contributed by atoms with van der Waals surface area (Å²) < 4.78 is 5.30. The average molecular weight is 450 g/mol. The number of nitrogens with one attached hydrogen (secondary N) is 2. The van der Waals surface area contributed by atoms with Crippen LogP contribution in [0.3, 0.4) is 0 Å². The van der Waals surface area contributed by atoms with Gasteiger partial charge in [0.1, 0.15) is 23.4 Å². The summed E-state index contributed by atoms with van der Waals surface area (Å²) in [5.74, 6) is -0.892. The summed E-state index contributed by atoms with van der Waals surface area (Å²) in [5.41, 5.74) is -0.139. The van der Waals surface area contributed by atoms with E-state index in [1.807, 2.05) is 13.8 Å². The predicted molar refractivity (Wildman–Crippen MR) is 124 cm³/mol. The number of carbonyl (C=O) groups excluding carboxylic acids is 3. The van der Waals surface area contributed by atoms with Gasteiger partial charge in [-0.2, -0.15) is 0 Å². The number of rotatable bonds is 10. The molecule has 3 amide bonds. The minimum atomic E-state index is -0.911. The highest BCUT2D eigenvalue weighted by Crippen LogP contribution is 2.24. The first-order chi connectivity index (χ1) is 14.9. The summed E-state index contributed by atoms with van der Waals surface area (Å²) in [6.45, 7) is 11.4. The maximum atomic E-state index is 13.4. The Labute approximate surface area is 191 Å². The minimum Gasteiger partial charge on any atom is -0.508 e. The number of hydrogen-bond acceptors (Lipinski definition) is 5. The molecule has 0 saturated heterocycles. The number of aromatic hydroxyl groups is 1. The summed E-state index contributed by atoms with van der Waals surface area (Å²) in [5, 5.41) is 15.2. The number of amides is 3. The standard InChI is InChI=1S/C24H39N3O5/c1-8-9-10-15-25-21(29)20(17-11-13-18(28)14-12-17)27(7)22(30)19(16(2)3)26-23(31)32-24(4,5)6/h11-14,16,19-20,28H,8-10,15H2,1-7H3,(H,25,29)(H,26,31). The maximum absolute atomic E-state index is 13.4. The third kappa shape index (κ3) is 8.77. The molecular weight excluding hydrogens is 410 g/mol. The molecule has 0 saturated carbocycles. The number of carbonyl (C=O) groups is 3. The molecule has 1 aromatic carbocycles. The summed E-state index contributed by atoms with van der Waals surface area (Å²) >= 11 is 0. The SMILES string of the molecule is CCCCCNC(=O)C(c1ccc(O)cc1)N(C)C(=O)C(NC(=O)OC(C)(C)C)C(C)C. The van der Waals surface area contributed by atoms with Crippen LogP contribution in [0.4, 0.5) is 4.79 Å². The van der Waals surface area contributed by atoms with Gasteiger partial charge in [0.2, 0.25) is 11.8 Å². The van der Waals surface area contributed by atoms with Crippen molar-refractivity contribution in [2.45, 2.75) is 78.5 Å². The average Bonchev–Trinajstić information content (AvgIpc) is 2.69. The fraction of sp³-hybridized carbons (Fsp3) is 0.625. The van der Waals surface area contributed by atoms with Gasteiger partial charge < -0.3 is 25.4 Å². The van der Waals surface area contributed by atoms with E-state index in [4.69, 9.17) is 4.74 Å². The van der Waals surface area contributed by atoms with Crippen LogP contribution in [0.5, 0.6) is 5.75 Å². The second-order valence-corrected chi connectivity index (χ2v) is 9.31. The molecule has 3 N–H and O–H groups in total. The van der Waals surface area contributed by atoms with Crippen molar-refractivity contribution in [1.29, 1.82) is 0 Å². The van der Waals surface area contributed by atoms with E-state index in [-0.39, 0.29) is 17.6 Å². The number of ether oxygens (including phenoxy) is 1. The minimum absolute atomic E-state index is 0.0662. The molecule has 1 aromatic rings. The van der Waals surface area contributed by atoms with Crippen molar-refractivity contribution in [2.75, 3.05) is 13.6 Å². The Morgan fingerprint density at radius 2 is 1.69 bits per heavy atom. The third-order valence-electron chi connectivity index (χ3n) is 4.88. The fourth-order valence-electron chi connectivity index (χ4n) is 3.19. The van der Waals surface area contributed by atoms with Crippen molar-refractivity contribution < 1.29 is 24.2 Å². The highest BCUT2D eigenvalue weighted by Gasteiger charge is 2.35. The van der Waals surface area contributed by atoms with E-state index in [0.29, 0.717) is 12.1 Å². The Morgan fingerprint density at radius 1 is 1.09 bits per heavy atom. The lowest BCUT2D eigenvalue weighted by molar-refractivity contribution is -0.141. The zero-order valence-electron chi connectivity index (χ0n) is 20.4. The number of unbranched alkanes of at least 4 members (excludes halogenated alkanes) is 2. The monoisotopic (exact) mass is 449 g/mol. The van der Waals surface area contributed by atoms with Gasteiger partial charge in [-0.05, 0) is 50.8 Å². The summed E-state index contributed by atoms with van der Waals surface area (Å²) in [4.78, 5) is 40.1. The molecule has 0 aromatic heterocycles. The first-order valence-corrected chi connectivity index (χ1v) is 11.2. The van der Waals surface area contributed by atoms with Crippen LogP contribution in [0.15, 0.2) is 24.3 Å². The molecule has 2 unspecified atom stereocenters. The van der Waals surface area contributed by atoms with Crippen molar-refractivity contribution in [3.63, 3.8) is 0 Å². The Hall–Kier alpha value is -2.77. The van der Waals surface area contributed by atoms with Crippen molar-refractivity contribution >= 4 is 17.9 Å². The van der Waals surface area contributed by atoms with Crippen LogP contribution in [0.1, 0.15) is 72.4 Å². The van der Waals surface area contributed by atoms with Gasteiger partial charge in [0.05, 0.1) is 0 Å². The van der Waals surface area contributed by atoms with Crippen molar-refractivity contribution in [3.05, 3.63) is 29.8 Å². The Bertz CT molecular complexity index is 756. The van der Waals surface area contributed by atoms with E-state index >= 15 is 0 Å². The van der Waals surface area contributed by atoms with Gasteiger partial charge in [0.15, 0.2) is 0 Å². The summed E-state index contributed by atoms with van der Waals surface area (Å²) in [7, 11) is 1.54. The molecule has 0 spiro atoms. The van der Waals surface area contributed by atoms with Gasteiger partial charge in [0.25, 0.3) is 0 Å². The molecule has 8 nitrogen and oxygen atoms in total. The molecule has 0 fully saturated rings. The van der Waals surface area contributed by atoms with Gasteiger partial charge in [-0.25, -0.2) is 4.79 Å². The zero-order chi connectivity index (χ0) is 24.5. The van der Waals surface area contributed by atoms with Crippen LogP contribution in [-0.4, -0.2) is 53.1 Å². The number of hydrogen-bond donors (Lipinski definition) is 3. The van der Waals surface area contributed by atoms with Crippen LogP contribution >= 0.6 is 0 Å². The van der Waals surface area contributed by atoms with Crippen LogP contribution in [0.2, 0.25) is 0 Å². The molecule has 0 aliphatic rings. The number of benzene rings is 1. The van der Waals surface area contributed by atoms with E-state index in [1.165, 1.54) is 24.1 Å². The van der Waals surface area contributed by atoms with Crippen molar-refractivity contribution in [2.24, 2.45) is 5.92 Å². The molecule has 180 valence electrons. The molecule has 0 aliphatic heterocycles. The lowest BCUT2D eigenvalue weighted by Crippen LogP contribution is -2.53. The lowest BCUT2D eigenvalue weighted by atomic mass is 9.99. The molecule has 0 heterocycles. The number of alkyl carbamates (subject to hydrolysis) is 1. The number of nitrogens with zero attached hydrogens (tertiary/aromatic N) is 1. The molecular formula is C24H39N3O5. The van der Waals surface area contributed by atoms with Gasteiger partial charge >= 0.3 is 6.09 Å². The van der Waals surface area contributed by atoms with Gasteiger partial charge in [-0.3, -0.25) is 9.59 Å². The first kappa shape index (κ1) is 27.3. The molecule has 2 atom stereocenters. The number of phenolic OH excluding ortho intramolecular Hbond substituents is 1. The van der Waals surface area contributed by atoms with E-state index in [2.05, 4.69) is 17.6 Å². The second kappa shape index (κ2) is 12.3.